The number of anilines is 1. The van der Waals surface area contributed by atoms with Crippen LogP contribution in [0.3, 0.4) is 0 Å². The van der Waals surface area contributed by atoms with E-state index in [-0.39, 0.29) is 35.3 Å². The molecule has 3 fully saturated rings. The van der Waals surface area contributed by atoms with Gasteiger partial charge in [-0.1, -0.05) is 46.9 Å². The van der Waals surface area contributed by atoms with Crippen molar-refractivity contribution in [3.8, 4) is 0 Å². The molecule has 0 bridgehead atoms. The number of piperazine rings is 1. The number of aromatic nitrogens is 3. The number of halogens is 3. The standard InChI is InChI=1S/C37H45F2IN8O4/c1-44-10-6-25(7-11-44)45-14-16-46(17-15-45)35(49)31(20-23-18-24(21-40)32(41)28(19-23)34(38)39)52-37(51)47-12-8-26(9-13-47)48-30-22-42-29-5-3-2-4-27(29)33(30)43-36(48)50/h2-5,18-19,22,25-26,31,34H,6-17,20-21,41H2,1H3,(H,43,50)/t31-/m1/s1. The highest BCUT2D eigenvalue weighted by Gasteiger charge is 2.35. The molecule has 0 saturated carbocycles. The number of alkyl halides is 3. The van der Waals surface area contributed by atoms with Crippen LogP contribution >= 0.6 is 22.6 Å². The van der Waals surface area contributed by atoms with Crippen molar-refractivity contribution in [1.82, 2.24) is 34.1 Å². The van der Waals surface area contributed by atoms with Gasteiger partial charge in [0.15, 0.2) is 6.10 Å². The molecule has 5 heterocycles. The second-order valence-corrected chi connectivity index (χ2v) is 15.0. The van der Waals surface area contributed by atoms with E-state index in [1.54, 1.807) is 26.6 Å². The fourth-order valence-electron chi connectivity index (χ4n) is 8.07. The number of hydrogen-bond donors (Lipinski definition) is 2. The van der Waals surface area contributed by atoms with Crippen LogP contribution in [0.2, 0.25) is 0 Å². The molecular weight excluding hydrogens is 785 g/mol. The molecule has 2 amide bonds. The minimum atomic E-state index is -2.79. The van der Waals surface area contributed by atoms with Gasteiger partial charge >= 0.3 is 11.8 Å². The number of pyridine rings is 1. The van der Waals surface area contributed by atoms with Gasteiger partial charge in [0.05, 0.1) is 22.7 Å². The van der Waals surface area contributed by atoms with E-state index in [4.69, 9.17) is 10.5 Å². The summed E-state index contributed by atoms with van der Waals surface area (Å²) in [5, 5.41) is 0.864. The van der Waals surface area contributed by atoms with Gasteiger partial charge in [-0.05, 0) is 69.1 Å². The Hall–Kier alpha value is -3.83. The Morgan fingerprint density at radius 3 is 2.37 bits per heavy atom. The highest BCUT2D eigenvalue weighted by Crippen LogP contribution is 2.32. The van der Waals surface area contributed by atoms with Crippen LogP contribution < -0.4 is 11.4 Å². The summed E-state index contributed by atoms with van der Waals surface area (Å²) in [6.07, 6.45) is 0.214. The number of rotatable bonds is 8. The Labute approximate surface area is 314 Å². The second kappa shape index (κ2) is 15.6. The van der Waals surface area contributed by atoms with Crippen molar-refractivity contribution in [2.75, 3.05) is 65.1 Å². The maximum atomic E-state index is 14.1. The Balaban J connectivity index is 1.06. The molecule has 1 atom stereocenters. The smallest absolute Gasteiger partial charge is 0.410 e. The molecule has 3 aliphatic heterocycles. The number of fused-ring (bicyclic) bond motifs is 3. The third-order valence-corrected chi connectivity index (χ3v) is 11.9. The lowest BCUT2D eigenvalue weighted by Crippen LogP contribution is -2.56. The normalized spacial score (nSPS) is 19.2. The molecule has 3 saturated heterocycles. The number of nitrogens with one attached hydrogen (secondary N) is 1. The van der Waals surface area contributed by atoms with Crippen LogP contribution in [-0.2, 0) is 20.4 Å². The van der Waals surface area contributed by atoms with Gasteiger partial charge in [0, 0.05) is 78.8 Å². The summed E-state index contributed by atoms with van der Waals surface area (Å²) in [7, 11) is 2.13. The van der Waals surface area contributed by atoms with Gasteiger partial charge < -0.3 is 30.2 Å². The number of nitrogens with zero attached hydrogens (tertiary/aromatic N) is 6. The van der Waals surface area contributed by atoms with E-state index in [0.29, 0.717) is 66.1 Å². The Morgan fingerprint density at radius 1 is 0.981 bits per heavy atom. The van der Waals surface area contributed by atoms with Gasteiger partial charge in [-0.15, -0.1) is 0 Å². The lowest BCUT2D eigenvalue weighted by atomic mass is 9.99. The quantitative estimate of drug-likeness (QED) is 0.145. The molecule has 2 aromatic carbocycles. The van der Waals surface area contributed by atoms with Gasteiger partial charge in [-0.3, -0.25) is 19.2 Å². The van der Waals surface area contributed by atoms with Crippen LogP contribution in [0, 0.1) is 0 Å². The number of amides is 2. The number of piperidine rings is 2. The first kappa shape index (κ1) is 36.5. The molecule has 2 aromatic heterocycles. The van der Waals surface area contributed by atoms with Gasteiger partial charge in [0.1, 0.15) is 0 Å². The zero-order chi connectivity index (χ0) is 36.5. The zero-order valence-electron chi connectivity index (χ0n) is 29.3. The highest BCUT2D eigenvalue weighted by atomic mass is 127. The number of hydrogen-bond acceptors (Lipinski definition) is 8. The van der Waals surface area contributed by atoms with Gasteiger partial charge in [0.25, 0.3) is 12.3 Å². The van der Waals surface area contributed by atoms with Gasteiger partial charge in [-0.2, -0.15) is 0 Å². The van der Waals surface area contributed by atoms with Crippen molar-refractivity contribution in [3.63, 3.8) is 0 Å². The largest absolute Gasteiger partial charge is 0.436 e. The molecule has 0 radical (unpaired) electrons. The van der Waals surface area contributed by atoms with Crippen molar-refractivity contribution in [1.29, 1.82) is 0 Å². The average Bonchev–Trinajstić information content (AvgIpc) is 3.51. The lowest BCUT2D eigenvalue weighted by molar-refractivity contribution is -0.143. The van der Waals surface area contributed by atoms with Crippen LogP contribution in [0.5, 0.6) is 0 Å². The van der Waals surface area contributed by atoms with E-state index in [0.717, 1.165) is 55.4 Å². The van der Waals surface area contributed by atoms with Crippen LogP contribution in [0.15, 0.2) is 47.4 Å². The summed E-state index contributed by atoms with van der Waals surface area (Å²) in [5.41, 5.74) is 8.83. The second-order valence-electron chi connectivity index (χ2n) is 14.2. The maximum Gasteiger partial charge on any atom is 0.410 e. The van der Waals surface area contributed by atoms with E-state index in [1.807, 2.05) is 24.3 Å². The number of para-hydroxylation sites is 1. The zero-order valence-corrected chi connectivity index (χ0v) is 31.4. The van der Waals surface area contributed by atoms with Crippen molar-refractivity contribution < 1.29 is 23.1 Å². The molecule has 0 aliphatic carbocycles. The number of nitrogens with two attached hydrogens (primary N) is 1. The molecule has 4 aromatic rings. The van der Waals surface area contributed by atoms with Gasteiger partial charge in [0.2, 0.25) is 0 Å². The Bertz CT molecular complexity index is 1980. The summed E-state index contributed by atoms with van der Waals surface area (Å²) in [4.78, 5) is 56.7. The molecule has 3 N–H and O–H groups in total. The molecule has 0 spiro atoms. The Kier molecular flexibility index (Phi) is 11.0. The number of benzene rings is 2. The monoisotopic (exact) mass is 830 g/mol. The number of aromatic amines is 1. The molecule has 7 rings (SSSR count). The molecular formula is C37H45F2IN8O4. The summed E-state index contributed by atoms with van der Waals surface area (Å²) in [5.74, 6) is -0.331. The SMILES string of the molecule is CN1CCC(N2CCN(C(=O)[C@@H](Cc3cc(CI)c(N)c(C(F)F)c3)OC(=O)N3CCC(n4c(=O)[nH]c5c6ccccc6ncc54)CC3)CC2)CC1. The van der Waals surface area contributed by atoms with E-state index in [2.05, 4.69) is 49.4 Å². The van der Waals surface area contributed by atoms with Crippen molar-refractivity contribution in [3.05, 3.63) is 69.8 Å². The summed E-state index contributed by atoms with van der Waals surface area (Å²) < 4.78 is 36.2. The molecule has 12 nitrogen and oxygen atoms in total. The number of nitrogen functional groups attached to an aromatic ring is 1. The van der Waals surface area contributed by atoms with Gasteiger partial charge in [-0.25, -0.2) is 18.4 Å². The number of imidazole rings is 1. The number of H-pyrrole nitrogens is 1. The lowest BCUT2D eigenvalue weighted by Gasteiger charge is -2.42. The third kappa shape index (κ3) is 7.49. The third-order valence-electron chi connectivity index (χ3n) is 11.1. The van der Waals surface area contributed by atoms with Crippen molar-refractivity contribution in [2.24, 2.45) is 0 Å². The highest BCUT2D eigenvalue weighted by molar-refractivity contribution is 14.1. The van der Waals surface area contributed by atoms with Crippen molar-refractivity contribution >= 4 is 62.2 Å². The minimum Gasteiger partial charge on any atom is -0.436 e. The maximum absolute atomic E-state index is 14.1. The van der Waals surface area contributed by atoms with E-state index in [9.17, 15) is 23.2 Å². The summed E-state index contributed by atoms with van der Waals surface area (Å²) >= 11 is 2.08. The average molecular weight is 831 g/mol. The van der Waals surface area contributed by atoms with Crippen molar-refractivity contribution in [2.45, 2.75) is 61.1 Å². The van der Waals surface area contributed by atoms with Crippen LogP contribution in [0.25, 0.3) is 21.9 Å². The minimum absolute atomic E-state index is 0.0409. The van der Waals surface area contributed by atoms with E-state index < -0.39 is 18.6 Å². The first-order chi connectivity index (χ1) is 25.1. The molecule has 278 valence electrons. The summed E-state index contributed by atoms with van der Waals surface area (Å²) in [6, 6.07) is 11.0. The fraction of sp³-hybridized carbons (Fsp3) is 0.514. The molecule has 3 aliphatic rings. The van der Waals surface area contributed by atoms with Crippen LogP contribution in [-0.4, -0.2) is 118 Å². The predicted molar refractivity (Wildman–Crippen MR) is 204 cm³/mol. The number of ether oxygens (including phenoxy) is 1. The number of carbonyl (C=O) groups excluding carboxylic acids is 2. The number of carbonyl (C=O) groups is 2. The predicted octanol–water partition coefficient (Wildman–Crippen LogP) is 4.96. The summed E-state index contributed by atoms with van der Waals surface area (Å²) in [6.45, 7) is 5.17. The van der Waals surface area contributed by atoms with E-state index >= 15 is 0 Å². The molecule has 15 heteroatoms. The number of likely N-dealkylation sites (tertiary alicyclic amines) is 2. The van der Waals surface area contributed by atoms with Crippen LogP contribution in [0.1, 0.15) is 54.8 Å². The first-order valence-electron chi connectivity index (χ1n) is 18.0. The molecule has 52 heavy (non-hydrogen) atoms. The Morgan fingerprint density at radius 2 is 1.67 bits per heavy atom. The fourth-order valence-corrected chi connectivity index (χ4v) is 8.70. The topological polar surface area (TPSA) is 133 Å². The molecule has 0 unspecified atom stereocenters. The van der Waals surface area contributed by atoms with Crippen LogP contribution in [0.4, 0.5) is 19.3 Å². The van der Waals surface area contributed by atoms with E-state index in [1.165, 1.54) is 6.07 Å². The first-order valence-corrected chi connectivity index (χ1v) is 19.5.